The number of aryl methyl sites for hydroxylation is 1. The fourth-order valence-electron chi connectivity index (χ4n) is 3.78. The van der Waals surface area contributed by atoms with E-state index < -0.39 is 0 Å². The van der Waals surface area contributed by atoms with E-state index in [1.807, 2.05) is 12.1 Å². The van der Waals surface area contributed by atoms with Crippen molar-refractivity contribution in [2.45, 2.75) is 39.5 Å². The lowest BCUT2D eigenvalue weighted by Gasteiger charge is -2.21. The van der Waals surface area contributed by atoms with Crippen molar-refractivity contribution in [1.29, 1.82) is 0 Å². The molecule has 1 aromatic carbocycles. The summed E-state index contributed by atoms with van der Waals surface area (Å²) in [6, 6.07) is 6.12. The molecule has 0 N–H and O–H groups in total. The summed E-state index contributed by atoms with van der Waals surface area (Å²) in [5.41, 5.74) is 3.39. The second kappa shape index (κ2) is 3.97. The highest BCUT2D eigenvalue weighted by Gasteiger charge is 2.43. The first-order valence-electron chi connectivity index (χ1n) is 6.77. The highest BCUT2D eigenvalue weighted by molar-refractivity contribution is 5.99. The molecule has 0 saturated heterocycles. The van der Waals surface area contributed by atoms with Crippen LogP contribution >= 0.6 is 0 Å². The Hall–Kier alpha value is -1.11. The van der Waals surface area contributed by atoms with E-state index in [0.717, 1.165) is 17.9 Å². The maximum atomic E-state index is 12.6. The predicted octanol–water partition coefficient (Wildman–Crippen LogP) is 3.92. The molecule has 3 rings (SSSR count). The van der Waals surface area contributed by atoms with Gasteiger partial charge in [0, 0.05) is 11.5 Å². The highest BCUT2D eigenvalue weighted by atomic mass is 16.1. The minimum Gasteiger partial charge on any atom is -0.294 e. The number of Topliss-reactive ketones (excluding diaryl/α,β-unsaturated/α-hetero) is 1. The number of carbonyl (C=O) groups excluding carboxylic acids is 1. The Bertz CT molecular complexity index is 461. The Labute approximate surface area is 103 Å². The maximum absolute atomic E-state index is 12.6. The van der Waals surface area contributed by atoms with Gasteiger partial charge in [0.15, 0.2) is 5.78 Å². The topological polar surface area (TPSA) is 17.1 Å². The van der Waals surface area contributed by atoms with Gasteiger partial charge in [-0.2, -0.15) is 0 Å². The lowest BCUT2D eigenvalue weighted by Crippen LogP contribution is -2.22. The van der Waals surface area contributed by atoms with Gasteiger partial charge < -0.3 is 0 Å². The van der Waals surface area contributed by atoms with Crippen LogP contribution in [0.25, 0.3) is 0 Å². The maximum Gasteiger partial charge on any atom is 0.166 e. The number of fused-ring (bicyclic) bond motifs is 2. The molecule has 1 heteroatoms. The summed E-state index contributed by atoms with van der Waals surface area (Å²) in [6.07, 6.45) is 5.10. The van der Waals surface area contributed by atoms with Gasteiger partial charge in [0.1, 0.15) is 0 Å². The van der Waals surface area contributed by atoms with Gasteiger partial charge in [-0.05, 0) is 56.1 Å². The molecule has 2 aliphatic rings. The van der Waals surface area contributed by atoms with E-state index in [0.29, 0.717) is 17.6 Å². The molecule has 2 aliphatic carbocycles. The SMILES string of the molecule is Cc1cccc(C(=O)C2CC3CCC2C3)c1C. The monoisotopic (exact) mass is 228 g/mol. The van der Waals surface area contributed by atoms with E-state index in [4.69, 9.17) is 0 Å². The summed E-state index contributed by atoms with van der Waals surface area (Å²) >= 11 is 0. The number of hydrogen-bond acceptors (Lipinski definition) is 1. The van der Waals surface area contributed by atoms with E-state index in [1.165, 1.54) is 30.4 Å². The molecule has 2 fully saturated rings. The fraction of sp³-hybridized carbons (Fsp3) is 0.562. The predicted molar refractivity (Wildman–Crippen MR) is 69.2 cm³/mol. The van der Waals surface area contributed by atoms with E-state index in [2.05, 4.69) is 19.9 Å². The molecule has 90 valence electrons. The molecule has 3 unspecified atom stereocenters. The molecule has 2 bridgehead atoms. The second-order valence-electron chi connectivity index (χ2n) is 5.89. The first-order valence-corrected chi connectivity index (χ1v) is 6.77. The number of carbonyl (C=O) groups is 1. The molecule has 0 radical (unpaired) electrons. The van der Waals surface area contributed by atoms with Crippen LogP contribution < -0.4 is 0 Å². The molecular formula is C16H20O. The van der Waals surface area contributed by atoms with Crippen molar-refractivity contribution < 1.29 is 4.79 Å². The van der Waals surface area contributed by atoms with Gasteiger partial charge >= 0.3 is 0 Å². The van der Waals surface area contributed by atoms with Crippen LogP contribution in [-0.2, 0) is 0 Å². The molecular weight excluding hydrogens is 208 g/mol. The molecule has 1 nitrogen and oxygen atoms in total. The largest absolute Gasteiger partial charge is 0.294 e. The molecule has 1 aromatic rings. The van der Waals surface area contributed by atoms with Crippen LogP contribution in [0, 0.1) is 31.6 Å². The summed E-state index contributed by atoms with van der Waals surface area (Å²) in [5.74, 6) is 2.28. The van der Waals surface area contributed by atoms with Crippen LogP contribution in [-0.4, -0.2) is 5.78 Å². The van der Waals surface area contributed by atoms with Gasteiger partial charge in [0.2, 0.25) is 0 Å². The second-order valence-corrected chi connectivity index (χ2v) is 5.89. The molecule has 0 spiro atoms. The van der Waals surface area contributed by atoms with Gasteiger partial charge in [-0.25, -0.2) is 0 Å². The van der Waals surface area contributed by atoms with Crippen LogP contribution in [0.1, 0.15) is 47.2 Å². The Balaban J connectivity index is 1.89. The Morgan fingerprint density at radius 2 is 2.00 bits per heavy atom. The standard InChI is InChI=1S/C16H20O/c1-10-4-3-5-14(11(10)2)16(17)15-9-12-6-7-13(15)8-12/h3-5,12-13,15H,6-9H2,1-2H3. The normalized spacial score (nSPS) is 30.8. The van der Waals surface area contributed by atoms with Crippen molar-refractivity contribution in [1.82, 2.24) is 0 Å². The Morgan fingerprint density at radius 1 is 1.18 bits per heavy atom. The van der Waals surface area contributed by atoms with E-state index in [-0.39, 0.29) is 0 Å². The third-order valence-electron chi connectivity index (χ3n) is 4.94. The average Bonchev–Trinajstić information content (AvgIpc) is 2.94. The number of hydrogen-bond donors (Lipinski definition) is 0. The number of ketones is 1. The number of benzene rings is 1. The van der Waals surface area contributed by atoms with Crippen molar-refractivity contribution in [2.24, 2.45) is 17.8 Å². The van der Waals surface area contributed by atoms with Crippen molar-refractivity contribution >= 4 is 5.78 Å². The fourth-order valence-corrected chi connectivity index (χ4v) is 3.78. The van der Waals surface area contributed by atoms with Gasteiger partial charge in [-0.1, -0.05) is 24.6 Å². The smallest absolute Gasteiger partial charge is 0.166 e. The van der Waals surface area contributed by atoms with Crippen LogP contribution in [0.2, 0.25) is 0 Å². The van der Waals surface area contributed by atoms with Crippen LogP contribution in [0.15, 0.2) is 18.2 Å². The number of rotatable bonds is 2. The molecule has 0 heterocycles. The Kier molecular flexibility index (Phi) is 2.57. The van der Waals surface area contributed by atoms with E-state index in [9.17, 15) is 4.79 Å². The zero-order valence-corrected chi connectivity index (χ0v) is 10.7. The third kappa shape index (κ3) is 1.72. The Morgan fingerprint density at radius 3 is 2.65 bits per heavy atom. The minimum absolute atomic E-state index is 0.328. The zero-order chi connectivity index (χ0) is 12.0. The van der Waals surface area contributed by atoms with Crippen molar-refractivity contribution in [3.8, 4) is 0 Å². The summed E-state index contributed by atoms with van der Waals surface area (Å²) in [5, 5.41) is 0. The van der Waals surface area contributed by atoms with Gasteiger partial charge in [0.25, 0.3) is 0 Å². The first-order chi connectivity index (χ1) is 8.16. The highest BCUT2D eigenvalue weighted by Crippen LogP contribution is 2.49. The first kappa shape index (κ1) is 11.0. The lowest BCUT2D eigenvalue weighted by molar-refractivity contribution is 0.0874. The van der Waals surface area contributed by atoms with Crippen LogP contribution in [0.5, 0.6) is 0 Å². The minimum atomic E-state index is 0.328. The van der Waals surface area contributed by atoms with Crippen molar-refractivity contribution in [3.05, 3.63) is 34.9 Å². The van der Waals surface area contributed by atoms with Gasteiger partial charge in [-0.15, -0.1) is 0 Å². The van der Waals surface area contributed by atoms with Crippen LogP contribution in [0.3, 0.4) is 0 Å². The summed E-state index contributed by atoms with van der Waals surface area (Å²) in [7, 11) is 0. The van der Waals surface area contributed by atoms with Crippen molar-refractivity contribution in [2.75, 3.05) is 0 Å². The zero-order valence-electron chi connectivity index (χ0n) is 10.7. The molecule has 0 aliphatic heterocycles. The summed E-state index contributed by atoms with van der Waals surface area (Å²) < 4.78 is 0. The van der Waals surface area contributed by atoms with Gasteiger partial charge in [0.05, 0.1) is 0 Å². The average molecular weight is 228 g/mol. The van der Waals surface area contributed by atoms with Gasteiger partial charge in [-0.3, -0.25) is 4.79 Å². The van der Waals surface area contributed by atoms with E-state index in [1.54, 1.807) is 0 Å². The molecule has 0 amide bonds. The molecule has 17 heavy (non-hydrogen) atoms. The third-order valence-corrected chi connectivity index (χ3v) is 4.94. The molecule has 0 aromatic heterocycles. The summed E-state index contributed by atoms with van der Waals surface area (Å²) in [4.78, 5) is 12.6. The lowest BCUT2D eigenvalue weighted by atomic mass is 9.82. The van der Waals surface area contributed by atoms with Crippen LogP contribution in [0.4, 0.5) is 0 Å². The molecule has 3 atom stereocenters. The summed E-state index contributed by atoms with van der Waals surface area (Å²) in [6.45, 7) is 4.17. The van der Waals surface area contributed by atoms with E-state index >= 15 is 0 Å². The van der Waals surface area contributed by atoms with Crippen molar-refractivity contribution in [3.63, 3.8) is 0 Å². The quantitative estimate of drug-likeness (QED) is 0.701. The molecule has 2 saturated carbocycles.